The molecule has 3 rings (SSSR count). The van der Waals surface area contributed by atoms with Crippen molar-refractivity contribution in [2.75, 3.05) is 11.9 Å². The SMILES string of the molecule is CC(C)(C)c1ccc(NC(=O)COC(=O)c2ccccc2COc2ccccc2)cc1. The molecule has 0 saturated heterocycles. The van der Waals surface area contributed by atoms with Crippen molar-refractivity contribution in [3.63, 3.8) is 0 Å². The lowest BCUT2D eigenvalue weighted by Crippen LogP contribution is -2.21. The van der Waals surface area contributed by atoms with Crippen LogP contribution in [0, 0.1) is 0 Å². The third-order valence-electron chi connectivity index (χ3n) is 4.74. The van der Waals surface area contributed by atoms with Gasteiger partial charge in [0.2, 0.25) is 0 Å². The highest BCUT2D eigenvalue weighted by Crippen LogP contribution is 2.23. The number of para-hydroxylation sites is 1. The molecule has 0 aliphatic heterocycles. The van der Waals surface area contributed by atoms with Crippen molar-refractivity contribution in [2.24, 2.45) is 0 Å². The molecule has 0 aliphatic rings. The lowest BCUT2D eigenvalue weighted by molar-refractivity contribution is -0.119. The Kier molecular flexibility index (Phi) is 7.08. The molecule has 0 bridgehead atoms. The first-order valence-electron chi connectivity index (χ1n) is 10.2. The van der Waals surface area contributed by atoms with Gasteiger partial charge in [0.05, 0.1) is 5.56 Å². The van der Waals surface area contributed by atoms with E-state index >= 15 is 0 Å². The molecule has 0 radical (unpaired) electrons. The summed E-state index contributed by atoms with van der Waals surface area (Å²) in [6.07, 6.45) is 0. The second-order valence-corrected chi connectivity index (χ2v) is 8.21. The summed E-state index contributed by atoms with van der Waals surface area (Å²) >= 11 is 0. The molecule has 3 aromatic rings. The van der Waals surface area contributed by atoms with Crippen LogP contribution in [0.1, 0.15) is 42.3 Å². The Morgan fingerprint density at radius 3 is 2.16 bits per heavy atom. The summed E-state index contributed by atoms with van der Waals surface area (Å²) in [6, 6.07) is 24.0. The van der Waals surface area contributed by atoms with E-state index in [0.717, 1.165) is 0 Å². The minimum absolute atomic E-state index is 0.0374. The van der Waals surface area contributed by atoms with E-state index in [4.69, 9.17) is 9.47 Å². The summed E-state index contributed by atoms with van der Waals surface area (Å²) in [6.45, 7) is 6.24. The molecule has 0 unspecified atom stereocenters. The molecule has 0 spiro atoms. The number of benzene rings is 3. The standard InChI is InChI=1S/C26H27NO4/c1-26(2,3)20-13-15-21(16-14-20)27-24(28)18-31-25(29)23-12-8-7-9-19(23)17-30-22-10-5-4-6-11-22/h4-16H,17-18H2,1-3H3,(H,27,28). The van der Waals surface area contributed by atoms with Gasteiger partial charge in [-0.05, 0) is 41.3 Å². The zero-order valence-corrected chi connectivity index (χ0v) is 18.1. The Morgan fingerprint density at radius 1 is 0.839 bits per heavy atom. The fourth-order valence-corrected chi connectivity index (χ4v) is 2.98. The molecule has 0 saturated carbocycles. The van der Waals surface area contributed by atoms with Crippen molar-refractivity contribution in [3.8, 4) is 5.75 Å². The third-order valence-corrected chi connectivity index (χ3v) is 4.74. The summed E-state index contributed by atoms with van der Waals surface area (Å²) in [5.74, 6) is -0.247. The van der Waals surface area contributed by atoms with Crippen LogP contribution in [0.4, 0.5) is 5.69 Å². The van der Waals surface area contributed by atoms with E-state index in [-0.39, 0.29) is 18.6 Å². The van der Waals surface area contributed by atoms with Crippen LogP contribution in [0.5, 0.6) is 5.75 Å². The quantitative estimate of drug-likeness (QED) is 0.526. The van der Waals surface area contributed by atoms with Gasteiger partial charge in [-0.15, -0.1) is 0 Å². The predicted octanol–water partition coefficient (Wildman–Crippen LogP) is 5.36. The van der Waals surface area contributed by atoms with E-state index in [0.29, 0.717) is 22.6 Å². The molecule has 0 atom stereocenters. The molecule has 160 valence electrons. The summed E-state index contributed by atoms with van der Waals surface area (Å²) < 4.78 is 11.0. The first-order valence-corrected chi connectivity index (χ1v) is 10.2. The molecule has 3 aromatic carbocycles. The zero-order chi connectivity index (χ0) is 22.3. The monoisotopic (exact) mass is 417 g/mol. The minimum atomic E-state index is -0.564. The van der Waals surface area contributed by atoms with Crippen molar-refractivity contribution >= 4 is 17.6 Å². The van der Waals surface area contributed by atoms with Crippen molar-refractivity contribution in [3.05, 3.63) is 95.6 Å². The van der Waals surface area contributed by atoms with E-state index in [9.17, 15) is 9.59 Å². The molecule has 0 fully saturated rings. The Bertz CT molecular complexity index is 1020. The second-order valence-electron chi connectivity index (χ2n) is 8.21. The van der Waals surface area contributed by atoms with Gasteiger partial charge >= 0.3 is 5.97 Å². The highest BCUT2D eigenvalue weighted by atomic mass is 16.5. The molecule has 1 amide bonds. The summed E-state index contributed by atoms with van der Waals surface area (Å²) in [5, 5.41) is 2.75. The van der Waals surface area contributed by atoms with Gasteiger partial charge in [0, 0.05) is 11.3 Å². The predicted molar refractivity (Wildman–Crippen MR) is 121 cm³/mol. The maximum atomic E-state index is 12.5. The number of hydrogen-bond acceptors (Lipinski definition) is 4. The fraction of sp³-hybridized carbons (Fsp3) is 0.231. The number of esters is 1. The maximum absolute atomic E-state index is 12.5. The summed E-state index contributed by atoms with van der Waals surface area (Å²) in [5.41, 5.74) is 2.93. The van der Waals surface area contributed by atoms with Crippen molar-refractivity contribution < 1.29 is 19.1 Å². The molecular weight excluding hydrogens is 390 g/mol. The van der Waals surface area contributed by atoms with Gasteiger partial charge in [-0.25, -0.2) is 4.79 Å². The third kappa shape index (κ3) is 6.44. The van der Waals surface area contributed by atoms with Crippen LogP contribution in [0.25, 0.3) is 0 Å². The van der Waals surface area contributed by atoms with Gasteiger partial charge < -0.3 is 14.8 Å². The van der Waals surface area contributed by atoms with E-state index < -0.39 is 11.9 Å². The normalized spacial score (nSPS) is 10.9. The highest BCUT2D eigenvalue weighted by molar-refractivity contribution is 5.96. The van der Waals surface area contributed by atoms with Crippen LogP contribution in [-0.4, -0.2) is 18.5 Å². The largest absolute Gasteiger partial charge is 0.489 e. The van der Waals surface area contributed by atoms with Gasteiger partial charge in [-0.2, -0.15) is 0 Å². The number of ether oxygens (including phenoxy) is 2. The minimum Gasteiger partial charge on any atom is -0.489 e. The summed E-state index contributed by atoms with van der Waals surface area (Å²) in [4.78, 5) is 24.7. The molecule has 1 N–H and O–H groups in total. The smallest absolute Gasteiger partial charge is 0.339 e. The topological polar surface area (TPSA) is 64.6 Å². The number of nitrogens with one attached hydrogen (secondary N) is 1. The first-order chi connectivity index (χ1) is 14.8. The Morgan fingerprint density at radius 2 is 1.48 bits per heavy atom. The number of rotatable bonds is 7. The first kappa shape index (κ1) is 22.1. The zero-order valence-electron chi connectivity index (χ0n) is 18.1. The lowest BCUT2D eigenvalue weighted by Gasteiger charge is -2.19. The van der Waals surface area contributed by atoms with Crippen LogP contribution in [0.2, 0.25) is 0 Å². The average Bonchev–Trinajstić information content (AvgIpc) is 2.77. The number of carbonyl (C=O) groups is 2. The molecule has 5 heteroatoms. The number of amides is 1. The summed E-state index contributed by atoms with van der Waals surface area (Å²) in [7, 11) is 0. The number of anilines is 1. The van der Waals surface area contributed by atoms with Crippen molar-refractivity contribution in [1.82, 2.24) is 0 Å². The van der Waals surface area contributed by atoms with Gasteiger partial charge in [-0.3, -0.25) is 4.79 Å². The van der Waals surface area contributed by atoms with Gasteiger partial charge in [0.1, 0.15) is 12.4 Å². The number of hydrogen-bond donors (Lipinski definition) is 1. The van der Waals surface area contributed by atoms with Gasteiger partial charge in [0.15, 0.2) is 6.61 Å². The number of carbonyl (C=O) groups excluding carboxylic acids is 2. The van der Waals surface area contributed by atoms with Crippen LogP contribution >= 0.6 is 0 Å². The van der Waals surface area contributed by atoms with Gasteiger partial charge in [0.25, 0.3) is 5.91 Å². The van der Waals surface area contributed by atoms with Crippen LogP contribution in [-0.2, 0) is 21.6 Å². The molecule has 0 heterocycles. The molecule has 5 nitrogen and oxygen atoms in total. The van der Waals surface area contributed by atoms with Crippen molar-refractivity contribution in [2.45, 2.75) is 32.8 Å². The van der Waals surface area contributed by atoms with Crippen molar-refractivity contribution in [1.29, 1.82) is 0 Å². The Hall–Kier alpha value is -3.60. The molecular formula is C26H27NO4. The molecule has 0 aromatic heterocycles. The lowest BCUT2D eigenvalue weighted by atomic mass is 9.87. The Balaban J connectivity index is 1.55. The average molecular weight is 418 g/mol. The van der Waals surface area contributed by atoms with E-state index in [1.807, 2.05) is 60.7 Å². The Labute approximate surface area is 183 Å². The van der Waals surface area contributed by atoms with Crippen LogP contribution in [0.3, 0.4) is 0 Å². The highest BCUT2D eigenvalue weighted by Gasteiger charge is 2.16. The van der Waals surface area contributed by atoms with E-state index in [1.54, 1.807) is 18.2 Å². The van der Waals surface area contributed by atoms with Crippen LogP contribution in [0.15, 0.2) is 78.9 Å². The fourth-order valence-electron chi connectivity index (χ4n) is 2.98. The van der Waals surface area contributed by atoms with Gasteiger partial charge in [-0.1, -0.05) is 69.3 Å². The molecule has 0 aliphatic carbocycles. The van der Waals surface area contributed by atoms with E-state index in [1.165, 1.54) is 5.56 Å². The molecule has 31 heavy (non-hydrogen) atoms. The van der Waals surface area contributed by atoms with Crippen LogP contribution < -0.4 is 10.1 Å². The second kappa shape index (κ2) is 9.94. The van der Waals surface area contributed by atoms with E-state index in [2.05, 4.69) is 26.1 Å². The maximum Gasteiger partial charge on any atom is 0.339 e.